The molecule has 0 aliphatic carbocycles. The number of fused-ring (bicyclic) bond motifs is 1. The summed E-state index contributed by atoms with van der Waals surface area (Å²) in [6.07, 6.45) is 10.5. The van der Waals surface area contributed by atoms with Crippen LogP contribution >= 0.6 is 0 Å². The standard InChI is InChI=1S/C24H27N7O2/c1-4-17-7-6-8-18(13-17)28-23-22-20(26-16-27-23)14-25-24(29-22)30(3)19-9-11-31(12-10-19)15-21(32)33-5-2/h1,6-8,13-14,16,19H,5,9-12,15H2,2-3H3,(H,26,27,28). The Labute approximate surface area is 193 Å². The van der Waals surface area contributed by atoms with E-state index in [1.807, 2.05) is 38.2 Å². The quantitative estimate of drug-likeness (QED) is 0.435. The molecule has 0 bridgehead atoms. The number of benzene rings is 1. The molecule has 0 spiro atoms. The van der Waals surface area contributed by atoms with Gasteiger partial charge in [-0.15, -0.1) is 6.42 Å². The molecule has 4 rings (SSSR count). The molecule has 1 saturated heterocycles. The molecule has 1 N–H and O–H groups in total. The largest absolute Gasteiger partial charge is 0.465 e. The first-order valence-corrected chi connectivity index (χ1v) is 11.0. The molecule has 0 unspecified atom stereocenters. The Balaban J connectivity index is 1.49. The average Bonchev–Trinajstić information content (AvgIpc) is 2.84. The van der Waals surface area contributed by atoms with E-state index in [0.717, 1.165) is 37.2 Å². The summed E-state index contributed by atoms with van der Waals surface area (Å²) >= 11 is 0. The van der Waals surface area contributed by atoms with E-state index in [2.05, 4.69) is 36.0 Å². The van der Waals surface area contributed by atoms with Gasteiger partial charge in [-0.05, 0) is 38.0 Å². The van der Waals surface area contributed by atoms with E-state index in [1.54, 1.807) is 6.20 Å². The summed E-state index contributed by atoms with van der Waals surface area (Å²) in [5.74, 6) is 3.67. The summed E-state index contributed by atoms with van der Waals surface area (Å²) in [4.78, 5) is 34.0. The number of rotatable bonds is 7. The summed E-state index contributed by atoms with van der Waals surface area (Å²) < 4.78 is 5.06. The number of likely N-dealkylation sites (tertiary alicyclic amines) is 1. The number of carbonyl (C=O) groups is 1. The summed E-state index contributed by atoms with van der Waals surface area (Å²) in [6.45, 7) is 4.21. The van der Waals surface area contributed by atoms with Crippen LogP contribution in [0.4, 0.5) is 17.5 Å². The topological polar surface area (TPSA) is 96.4 Å². The van der Waals surface area contributed by atoms with Gasteiger partial charge in [-0.1, -0.05) is 12.0 Å². The molecule has 170 valence electrons. The maximum Gasteiger partial charge on any atom is 0.320 e. The van der Waals surface area contributed by atoms with Crippen molar-refractivity contribution in [3.05, 3.63) is 42.4 Å². The lowest BCUT2D eigenvalue weighted by Crippen LogP contribution is -2.45. The Bertz CT molecular complexity index is 1170. The smallest absolute Gasteiger partial charge is 0.320 e. The normalized spacial score (nSPS) is 14.6. The summed E-state index contributed by atoms with van der Waals surface area (Å²) in [7, 11) is 2.00. The number of anilines is 3. The highest BCUT2D eigenvalue weighted by atomic mass is 16.5. The van der Waals surface area contributed by atoms with Crippen LogP contribution in [-0.4, -0.2) is 70.1 Å². The minimum absolute atomic E-state index is 0.171. The lowest BCUT2D eigenvalue weighted by atomic mass is 10.0. The van der Waals surface area contributed by atoms with E-state index in [-0.39, 0.29) is 12.0 Å². The molecular formula is C24H27N7O2. The van der Waals surface area contributed by atoms with Crippen molar-refractivity contribution in [2.75, 3.05) is 43.5 Å². The van der Waals surface area contributed by atoms with Crippen LogP contribution in [0.1, 0.15) is 25.3 Å². The van der Waals surface area contributed by atoms with Gasteiger partial charge < -0.3 is 15.0 Å². The van der Waals surface area contributed by atoms with Crippen molar-refractivity contribution >= 4 is 34.5 Å². The zero-order valence-corrected chi connectivity index (χ0v) is 18.9. The van der Waals surface area contributed by atoms with Crippen molar-refractivity contribution < 1.29 is 9.53 Å². The van der Waals surface area contributed by atoms with Crippen LogP contribution in [0, 0.1) is 12.3 Å². The van der Waals surface area contributed by atoms with E-state index in [9.17, 15) is 4.79 Å². The fourth-order valence-corrected chi connectivity index (χ4v) is 3.95. The Morgan fingerprint density at radius 1 is 1.30 bits per heavy atom. The van der Waals surface area contributed by atoms with Gasteiger partial charge in [-0.2, -0.15) is 0 Å². The molecule has 0 atom stereocenters. The summed E-state index contributed by atoms with van der Waals surface area (Å²) in [6, 6.07) is 7.84. The third kappa shape index (κ3) is 5.35. The van der Waals surface area contributed by atoms with Gasteiger partial charge in [-0.3, -0.25) is 9.69 Å². The van der Waals surface area contributed by atoms with Crippen LogP contribution in [0.3, 0.4) is 0 Å². The van der Waals surface area contributed by atoms with Crippen LogP contribution < -0.4 is 10.2 Å². The average molecular weight is 446 g/mol. The number of terminal acetylenes is 1. The number of hydrogen-bond donors (Lipinski definition) is 1. The second-order valence-electron chi connectivity index (χ2n) is 7.90. The predicted molar refractivity (Wildman–Crippen MR) is 127 cm³/mol. The molecule has 3 heterocycles. The lowest BCUT2D eigenvalue weighted by Gasteiger charge is -2.36. The number of carbonyl (C=O) groups excluding carboxylic acids is 1. The zero-order chi connectivity index (χ0) is 23.2. The molecule has 2 aromatic heterocycles. The summed E-state index contributed by atoms with van der Waals surface area (Å²) in [5.41, 5.74) is 2.90. The highest BCUT2D eigenvalue weighted by Gasteiger charge is 2.25. The van der Waals surface area contributed by atoms with Crippen molar-refractivity contribution in [3.8, 4) is 12.3 Å². The molecule has 9 nitrogen and oxygen atoms in total. The first kappa shape index (κ1) is 22.4. The molecular weight excluding hydrogens is 418 g/mol. The molecule has 0 saturated carbocycles. The third-order valence-electron chi connectivity index (χ3n) is 5.73. The van der Waals surface area contributed by atoms with Crippen molar-refractivity contribution in [1.29, 1.82) is 0 Å². The number of hydrogen-bond acceptors (Lipinski definition) is 9. The molecule has 1 aliphatic heterocycles. The van der Waals surface area contributed by atoms with Crippen LogP contribution in [-0.2, 0) is 9.53 Å². The van der Waals surface area contributed by atoms with Crippen LogP contribution in [0.15, 0.2) is 36.8 Å². The highest BCUT2D eigenvalue weighted by Crippen LogP contribution is 2.25. The minimum Gasteiger partial charge on any atom is -0.465 e. The van der Waals surface area contributed by atoms with Gasteiger partial charge in [0.25, 0.3) is 0 Å². The lowest BCUT2D eigenvalue weighted by molar-refractivity contribution is -0.144. The fraction of sp³-hybridized carbons (Fsp3) is 0.375. The molecule has 1 fully saturated rings. The number of aromatic nitrogens is 4. The van der Waals surface area contributed by atoms with Gasteiger partial charge >= 0.3 is 5.97 Å². The van der Waals surface area contributed by atoms with Gasteiger partial charge in [0.2, 0.25) is 5.95 Å². The number of ether oxygens (including phenoxy) is 1. The van der Waals surface area contributed by atoms with Gasteiger partial charge in [-0.25, -0.2) is 19.9 Å². The molecule has 1 aliphatic rings. The number of esters is 1. The molecule has 3 aromatic rings. The minimum atomic E-state index is -0.171. The van der Waals surface area contributed by atoms with E-state index < -0.39 is 0 Å². The van der Waals surface area contributed by atoms with Crippen molar-refractivity contribution in [1.82, 2.24) is 24.8 Å². The molecule has 0 radical (unpaired) electrons. The van der Waals surface area contributed by atoms with Crippen molar-refractivity contribution in [3.63, 3.8) is 0 Å². The molecule has 0 amide bonds. The third-order valence-corrected chi connectivity index (χ3v) is 5.73. The van der Waals surface area contributed by atoms with Gasteiger partial charge in [0.05, 0.1) is 19.3 Å². The molecule has 1 aromatic carbocycles. The van der Waals surface area contributed by atoms with Crippen LogP contribution in [0.2, 0.25) is 0 Å². The number of piperidine rings is 1. The van der Waals surface area contributed by atoms with E-state index in [4.69, 9.17) is 16.1 Å². The molecule has 33 heavy (non-hydrogen) atoms. The second kappa shape index (κ2) is 10.2. The Morgan fingerprint density at radius 3 is 2.88 bits per heavy atom. The van der Waals surface area contributed by atoms with E-state index in [1.165, 1.54) is 6.33 Å². The van der Waals surface area contributed by atoms with Crippen LogP contribution in [0.5, 0.6) is 0 Å². The summed E-state index contributed by atoms with van der Waals surface area (Å²) in [5, 5.41) is 3.30. The Hall–Kier alpha value is -3.77. The van der Waals surface area contributed by atoms with Crippen molar-refractivity contribution in [2.24, 2.45) is 0 Å². The first-order valence-electron chi connectivity index (χ1n) is 11.0. The maximum atomic E-state index is 11.7. The van der Waals surface area contributed by atoms with Gasteiger partial charge in [0, 0.05) is 37.4 Å². The van der Waals surface area contributed by atoms with Gasteiger partial charge in [0.15, 0.2) is 5.82 Å². The van der Waals surface area contributed by atoms with Gasteiger partial charge in [0.1, 0.15) is 17.4 Å². The van der Waals surface area contributed by atoms with E-state index >= 15 is 0 Å². The van der Waals surface area contributed by atoms with Crippen LogP contribution in [0.25, 0.3) is 11.0 Å². The maximum absolute atomic E-state index is 11.7. The fourth-order valence-electron chi connectivity index (χ4n) is 3.95. The Kier molecular flexibility index (Phi) is 6.95. The zero-order valence-electron chi connectivity index (χ0n) is 18.9. The van der Waals surface area contributed by atoms with E-state index in [0.29, 0.717) is 36.0 Å². The monoisotopic (exact) mass is 445 g/mol. The molecule has 9 heteroatoms. The second-order valence-corrected chi connectivity index (χ2v) is 7.90. The Morgan fingerprint density at radius 2 is 2.12 bits per heavy atom. The first-order chi connectivity index (χ1) is 16.1. The SMILES string of the molecule is C#Cc1cccc(Nc2ncnc3cnc(N(C)C4CCN(CC(=O)OCC)CC4)nc23)c1. The highest BCUT2D eigenvalue weighted by molar-refractivity contribution is 5.87. The predicted octanol–water partition coefficient (Wildman–Crippen LogP) is 2.61. The number of nitrogens with one attached hydrogen (secondary N) is 1. The number of nitrogens with zero attached hydrogens (tertiary/aromatic N) is 6. The van der Waals surface area contributed by atoms with Crippen molar-refractivity contribution in [2.45, 2.75) is 25.8 Å².